The van der Waals surface area contributed by atoms with Crippen LogP contribution in [0, 0.1) is 5.92 Å². The topological polar surface area (TPSA) is 117 Å². The van der Waals surface area contributed by atoms with Crippen molar-refractivity contribution >= 4 is 28.8 Å². The minimum Gasteiger partial charge on any atom is -0.480 e. The molecule has 0 aliphatic heterocycles. The van der Waals surface area contributed by atoms with Crippen molar-refractivity contribution in [2.24, 2.45) is 5.92 Å². The van der Waals surface area contributed by atoms with E-state index >= 15 is 0 Å². The van der Waals surface area contributed by atoms with E-state index in [4.69, 9.17) is 4.42 Å². The maximum Gasteiger partial charge on any atom is 0.326 e. The number of nitrogens with one attached hydrogen (secondary N) is 2. The van der Waals surface area contributed by atoms with Crippen molar-refractivity contribution < 1.29 is 19.1 Å². The van der Waals surface area contributed by atoms with Gasteiger partial charge < -0.3 is 20.2 Å². The number of nitrogens with zero attached hydrogens (tertiary/aromatic N) is 2. The van der Waals surface area contributed by atoms with Crippen molar-refractivity contribution in [1.29, 1.82) is 0 Å². The number of carboxylic acid groups (broad SMARTS) is 1. The van der Waals surface area contributed by atoms with Gasteiger partial charge in [0.1, 0.15) is 11.6 Å². The predicted octanol–water partition coefficient (Wildman–Crippen LogP) is 3.51. The molecule has 0 aliphatic rings. The lowest BCUT2D eigenvalue weighted by atomic mass is 9.99. The highest BCUT2D eigenvalue weighted by molar-refractivity contribution is 5.94. The molecule has 0 saturated heterocycles. The molecule has 0 radical (unpaired) electrons. The quantitative estimate of drug-likeness (QED) is 0.613. The number of pyridine rings is 1. The Hall–Kier alpha value is -3.42. The summed E-state index contributed by atoms with van der Waals surface area (Å²) in [6, 6.07) is 7.11. The van der Waals surface area contributed by atoms with E-state index in [9.17, 15) is 14.7 Å². The highest BCUT2D eigenvalue weighted by atomic mass is 16.4. The van der Waals surface area contributed by atoms with E-state index < -0.39 is 18.0 Å². The van der Waals surface area contributed by atoms with Crippen LogP contribution in [0.3, 0.4) is 0 Å². The third-order valence-electron chi connectivity index (χ3n) is 4.32. The highest BCUT2D eigenvalue weighted by Gasteiger charge is 2.25. The number of hydrogen-bond acceptors (Lipinski definition) is 5. The fraction of sp³-hybridized carbons (Fsp3) is 0.263. The summed E-state index contributed by atoms with van der Waals surface area (Å²) >= 11 is 0. The molecule has 8 nitrogen and oxygen atoms in total. The molecule has 0 spiro atoms. The van der Waals surface area contributed by atoms with Crippen molar-refractivity contribution in [3.05, 3.63) is 42.7 Å². The van der Waals surface area contributed by atoms with Crippen LogP contribution in [0.15, 0.2) is 47.1 Å². The number of hydrogen-bond donors (Lipinski definition) is 3. The summed E-state index contributed by atoms with van der Waals surface area (Å²) in [7, 11) is 0. The second kappa shape index (κ2) is 7.86. The smallest absolute Gasteiger partial charge is 0.326 e. The Morgan fingerprint density at radius 2 is 2.11 bits per heavy atom. The molecule has 3 aromatic rings. The van der Waals surface area contributed by atoms with Crippen LogP contribution in [0.4, 0.5) is 10.5 Å². The molecule has 27 heavy (non-hydrogen) atoms. The number of fused-ring (bicyclic) bond motifs is 1. The second-order valence-electron chi connectivity index (χ2n) is 6.24. The van der Waals surface area contributed by atoms with Gasteiger partial charge in [-0.15, -0.1) is 0 Å². The van der Waals surface area contributed by atoms with Crippen LogP contribution in [0.5, 0.6) is 0 Å². The van der Waals surface area contributed by atoms with Crippen LogP contribution < -0.4 is 10.6 Å². The van der Waals surface area contributed by atoms with Crippen LogP contribution >= 0.6 is 0 Å². The first kappa shape index (κ1) is 18.4. The van der Waals surface area contributed by atoms with Crippen LogP contribution in [-0.2, 0) is 4.79 Å². The number of amides is 2. The molecule has 2 atom stereocenters. The molecular weight excluding hydrogens is 348 g/mol. The predicted molar refractivity (Wildman–Crippen MR) is 100 cm³/mol. The molecule has 2 unspecified atom stereocenters. The fourth-order valence-corrected chi connectivity index (χ4v) is 2.61. The summed E-state index contributed by atoms with van der Waals surface area (Å²) in [5.41, 5.74) is 2.38. The van der Waals surface area contributed by atoms with E-state index in [0.29, 0.717) is 29.1 Å². The molecule has 0 aliphatic carbocycles. The number of urea groups is 1. The van der Waals surface area contributed by atoms with E-state index in [0.717, 1.165) is 5.56 Å². The number of benzene rings is 1. The number of oxazole rings is 1. The standard InChI is InChI=1S/C19H20N4O4/c1-3-11(2)16(18(24)25)23-19(26)21-13-6-7-15-14(9-13)22-17(27-15)12-5-4-8-20-10-12/h4-11,16H,3H2,1-2H3,(H,24,25)(H2,21,23,26). The Labute approximate surface area is 155 Å². The van der Waals surface area contributed by atoms with Gasteiger partial charge in [-0.25, -0.2) is 14.6 Å². The van der Waals surface area contributed by atoms with Crippen molar-refractivity contribution in [3.8, 4) is 11.5 Å². The molecule has 2 aromatic heterocycles. The van der Waals surface area contributed by atoms with Crippen molar-refractivity contribution in [1.82, 2.24) is 15.3 Å². The molecule has 0 fully saturated rings. The Morgan fingerprint density at radius 3 is 2.78 bits per heavy atom. The van der Waals surface area contributed by atoms with Gasteiger partial charge in [-0.2, -0.15) is 0 Å². The van der Waals surface area contributed by atoms with Gasteiger partial charge >= 0.3 is 12.0 Å². The molecule has 2 heterocycles. The first-order chi connectivity index (χ1) is 13.0. The van der Waals surface area contributed by atoms with Crippen LogP contribution in [0.2, 0.25) is 0 Å². The first-order valence-electron chi connectivity index (χ1n) is 8.59. The number of carboxylic acids is 1. The lowest BCUT2D eigenvalue weighted by Gasteiger charge is -2.20. The highest BCUT2D eigenvalue weighted by Crippen LogP contribution is 2.25. The Balaban J connectivity index is 1.75. The van der Waals surface area contributed by atoms with Crippen LogP contribution in [0.25, 0.3) is 22.6 Å². The third-order valence-corrected chi connectivity index (χ3v) is 4.32. The van der Waals surface area contributed by atoms with Gasteiger partial charge in [0, 0.05) is 18.1 Å². The van der Waals surface area contributed by atoms with E-state index in [2.05, 4.69) is 20.6 Å². The lowest BCUT2D eigenvalue weighted by Crippen LogP contribution is -2.46. The summed E-state index contributed by atoms with van der Waals surface area (Å²) in [5.74, 6) is -0.816. The zero-order valence-corrected chi connectivity index (χ0v) is 15.0. The number of aromatic nitrogens is 2. The molecule has 140 valence electrons. The SMILES string of the molecule is CCC(C)C(NC(=O)Nc1ccc2oc(-c3cccnc3)nc2c1)C(=O)O. The van der Waals surface area contributed by atoms with E-state index in [1.807, 2.05) is 13.0 Å². The molecule has 3 rings (SSSR count). The Kier molecular flexibility index (Phi) is 5.35. The van der Waals surface area contributed by atoms with Gasteiger partial charge in [-0.05, 0) is 36.2 Å². The monoisotopic (exact) mass is 368 g/mol. The van der Waals surface area contributed by atoms with Crippen LogP contribution in [0.1, 0.15) is 20.3 Å². The maximum atomic E-state index is 12.2. The number of carbonyl (C=O) groups is 2. The number of anilines is 1. The van der Waals surface area contributed by atoms with E-state index in [-0.39, 0.29) is 5.92 Å². The normalized spacial score (nSPS) is 13.1. The van der Waals surface area contributed by atoms with Crippen LogP contribution in [-0.4, -0.2) is 33.1 Å². The summed E-state index contributed by atoms with van der Waals surface area (Å²) in [6.07, 6.45) is 3.95. The molecule has 0 bridgehead atoms. The molecule has 1 aromatic carbocycles. The van der Waals surface area contributed by atoms with Crippen molar-refractivity contribution in [2.75, 3.05) is 5.32 Å². The van der Waals surface area contributed by atoms with E-state index in [1.165, 1.54) is 0 Å². The Bertz CT molecular complexity index is 955. The van der Waals surface area contributed by atoms with Gasteiger partial charge in [0.05, 0.1) is 5.56 Å². The minimum absolute atomic E-state index is 0.187. The molecular formula is C19H20N4O4. The van der Waals surface area contributed by atoms with Crippen molar-refractivity contribution in [3.63, 3.8) is 0 Å². The first-order valence-corrected chi connectivity index (χ1v) is 8.59. The summed E-state index contributed by atoms with van der Waals surface area (Å²) < 4.78 is 5.70. The van der Waals surface area contributed by atoms with Gasteiger partial charge in [0.2, 0.25) is 5.89 Å². The summed E-state index contributed by atoms with van der Waals surface area (Å²) in [4.78, 5) is 31.9. The van der Waals surface area contributed by atoms with Gasteiger partial charge in [-0.3, -0.25) is 4.98 Å². The average Bonchev–Trinajstić information content (AvgIpc) is 3.09. The summed E-state index contributed by atoms with van der Waals surface area (Å²) in [5, 5.41) is 14.4. The minimum atomic E-state index is -1.06. The number of aliphatic carboxylic acids is 1. The molecule has 3 N–H and O–H groups in total. The number of rotatable bonds is 6. The molecule has 8 heteroatoms. The van der Waals surface area contributed by atoms with Gasteiger partial charge in [-0.1, -0.05) is 20.3 Å². The third kappa shape index (κ3) is 4.22. The lowest BCUT2D eigenvalue weighted by molar-refractivity contribution is -0.140. The fourth-order valence-electron chi connectivity index (χ4n) is 2.61. The molecule has 2 amide bonds. The zero-order chi connectivity index (χ0) is 19.4. The molecule has 0 saturated carbocycles. The van der Waals surface area contributed by atoms with Gasteiger partial charge in [0.25, 0.3) is 0 Å². The second-order valence-corrected chi connectivity index (χ2v) is 6.24. The maximum absolute atomic E-state index is 12.2. The largest absolute Gasteiger partial charge is 0.480 e. The average molecular weight is 368 g/mol. The van der Waals surface area contributed by atoms with E-state index in [1.54, 1.807) is 43.6 Å². The van der Waals surface area contributed by atoms with Gasteiger partial charge in [0.15, 0.2) is 5.58 Å². The number of carbonyl (C=O) groups excluding carboxylic acids is 1. The Morgan fingerprint density at radius 1 is 1.30 bits per heavy atom. The zero-order valence-electron chi connectivity index (χ0n) is 15.0. The van der Waals surface area contributed by atoms with Crippen molar-refractivity contribution in [2.45, 2.75) is 26.3 Å². The summed E-state index contributed by atoms with van der Waals surface area (Å²) in [6.45, 7) is 3.65.